The second kappa shape index (κ2) is 15.9. The number of carbonyl (C=O) groups is 3. The van der Waals surface area contributed by atoms with Gasteiger partial charge in [-0.2, -0.15) is 13.2 Å². The van der Waals surface area contributed by atoms with Crippen LogP contribution in [0.15, 0.2) is 24.5 Å². The molecule has 0 spiro atoms. The molecule has 0 unspecified atom stereocenters. The van der Waals surface area contributed by atoms with Gasteiger partial charge in [-0.05, 0) is 77.6 Å². The molecule has 2 heterocycles. The summed E-state index contributed by atoms with van der Waals surface area (Å²) < 4.78 is 40.2. The second-order valence-electron chi connectivity index (χ2n) is 13.0. The first-order chi connectivity index (χ1) is 21.8. The van der Waals surface area contributed by atoms with E-state index < -0.39 is 23.8 Å². The summed E-state index contributed by atoms with van der Waals surface area (Å²) in [5.74, 6) is -0.779. The summed E-state index contributed by atoms with van der Waals surface area (Å²) in [5.41, 5.74) is -0.462. The number of amides is 2. The third kappa shape index (κ3) is 9.29. The van der Waals surface area contributed by atoms with Crippen LogP contribution in [0.5, 0.6) is 0 Å². The molecule has 2 fully saturated rings. The zero-order chi connectivity index (χ0) is 33.4. The minimum atomic E-state index is -4.52. The Morgan fingerprint density at radius 2 is 1.74 bits per heavy atom. The Labute approximate surface area is 268 Å². The Morgan fingerprint density at radius 3 is 2.41 bits per heavy atom. The van der Waals surface area contributed by atoms with Crippen molar-refractivity contribution >= 4 is 34.5 Å². The van der Waals surface area contributed by atoms with Crippen LogP contribution in [0.4, 0.5) is 19.0 Å². The minimum Gasteiger partial charge on any atom is -0.481 e. The highest BCUT2D eigenvalue weighted by atomic mass is 19.4. The summed E-state index contributed by atoms with van der Waals surface area (Å²) in [6.07, 6.45) is 5.20. The molecule has 10 nitrogen and oxygen atoms in total. The highest BCUT2D eigenvalue weighted by Gasteiger charge is 2.43. The number of unbranched alkanes of at least 4 members (excludes halogenated alkanes) is 5. The van der Waals surface area contributed by atoms with Gasteiger partial charge in [-0.25, -0.2) is 9.97 Å². The molecule has 0 bridgehead atoms. The number of aliphatic carboxylic acids is 1. The zero-order valence-electron chi connectivity index (χ0n) is 27.0. The summed E-state index contributed by atoms with van der Waals surface area (Å²) >= 11 is 0. The van der Waals surface area contributed by atoms with Crippen LogP contribution in [0.25, 0.3) is 10.9 Å². The molecule has 4 rings (SSSR count). The van der Waals surface area contributed by atoms with E-state index in [1.54, 1.807) is 0 Å². The van der Waals surface area contributed by atoms with Gasteiger partial charge in [-0.3, -0.25) is 14.4 Å². The van der Waals surface area contributed by atoms with E-state index in [0.717, 1.165) is 57.1 Å². The van der Waals surface area contributed by atoms with Gasteiger partial charge in [0, 0.05) is 36.9 Å². The smallest absolute Gasteiger partial charge is 0.416 e. The highest BCUT2D eigenvalue weighted by molar-refractivity contribution is 5.93. The number of nitrogens with zero attached hydrogens (tertiary/aromatic N) is 4. The van der Waals surface area contributed by atoms with E-state index in [1.807, 2.05) is 4.90 Å². The number of aromatic nitrogens is 2. The lowest BCUT2D eigenvalue weighted by Gasteiger charge is -2.44. The average Bonchev–Trinajstić information content (AvgIpc) is 3.36. The van der Waals surface area contributed by atoms with Crippen LogP contribution < -0.4 is 10.6 Å². The van der Waals surface area contributed by atoms with Crippen LogP contribution in [0.2, 0.25) is 0 Å². The Hall–Kier alpha value is -3.48. The maximum Gasteiger partial charge on any atom is 0.416 e. The summed E-state index contributed by atoms with van der Waals surface area (Å²) in [6, 6.07) is 2.81. The molecule has 2 amide bonds. The van der Waals surface area contributed by atoms with Crippen molar-refractivity contribution in [1.82, 2.24) is 25.1 Å². The van der Waals surface area contributed by atoms with Gasteiger partial charge in [0.1, 0.15) is 18.2 Å². The molecule has 4 atom stereocenters. The number of carbonyl (C=O) groups excluding carboxylic acids is 2. The number of alkyl halides is 3. The quantitative estimate of drug-likeness (QED) is 0.213. The lowest BCUT2D eigenvalue weighted by molar-refractivity contribution is -0.138. The first-order valence-corrected chi connectivity index (χ1v) is 16.5. The van der Waals surface area contributed by atoms with E-state index >= 15 is 0 Å². The van der Waals surface area contributed by atoms with Gasteiger partial charge in [-0.15, -0.1) is 0 Å². The van der Waals surface area contributed by atoms with Gasteiger partial charge in [0.05, 0.1) is 23.2 Å². The van der Waals surface area contributed by atoms with Gasteiger partial charge in [-0.1, -0.05) is 25.7 Å². The number of halogens is 3. The van der Waals surface area contributed by atoms with Crippen LogP contribution >= 0.6 is 0 Å². The second-order valence-corrected chi connectivity index (χ2v) is 13.0. The Balaban J connectivity index is 1.39. The number of nitrogens with one attached hydrogen (secondary N) is 2. The van der Waals surface area contributed by atoms with Crippen molar-refractivity contribution in [2.75, 3.05) is 18.9 Å². The molecule has 0 radical (unpaired) electrons. The van der Waals surface area contributed by atoms with E-state index in [9.17, 15) is 27.6 Å². The van der Waals surface area contributed by atoms with E-state index in [0.29, 0.717) is 43.8 Å². The number of hydrogen-bond donors (Lipinski definition) is 3. The van der Waals surface area contributed by atoms with Crippen LogP contribution in [0, 0.1) is 0 Å². The number of fused-ring (bicyclic) bond motifs is 1. The van der Waals surface area contributed by atoms with Crippen molar-refractivity contribution in [3.63, 3.8) is 0 Å². The molecule has 46 heavy (non-hydrogen) atoms. The Morgan fingerprint density at radius 1 is 1.04 bits per heavy atom. The summed E-state index contributed by atoms with van der Waals surface area (Å²) in [6.45, 7) is 4.74. The number of carboxylic acids is 1. The van der Waals surface area contributed by atoms with Crippen LogP contribution in [-0.4, -0.2) is 86.5 Å². The number of hydrogen-bond acceptors (Lipinski definition) is 7. The van der Waals surface area contributed by atoms with Crippen molar-refractivity contribution in [3.05, 3.63) is 30.1 Å². The fraction of sp³-hybridized carbons (Fsp3) is 0.667. The van der Waals surface area contributed by atoms with Crippen molar-refractivity contribution in [2.45, 2.75) is 127 Å². The number of likely N-dealkylation sites (tertiary alicyclic amines) is 1. The van der Waals surface area contributed by atoms with Gasteiger partial charge >= 0.3 is 12.1 Å². The largest absolute Gasteiger partial charge is 0.481 e. The summed E-state index contributed by atoms with van der Waals surface area (Å²) in [5, 5.41) is 15.3. The van der Waals surface area contributed by atoms with Crippen molar-refractivity contribution in [2.24, 2.45) is 0 Å². The van der Waals surface area contributed by atoms with Crippen molar-refractivity contribution in [3.8, 4) is 0 Å². The lowest BCUT2D eigenvalue weighted by atomic mass is 9.84. The predicted molar refractivity (Wildman–Crippen MR) is 169 cm³/mol. The standard InChI is InChI=1S/C33H47F3N6O4/c1-21(2)41(3)23-13-15-28(27(19-23)39-29(43)10-8-6-4-5-7-9-11-30(44)45)42-17-16-26(32(42)46)40-31-24-18-22(33(34,35)36)12-14-25(24)37-20-38-31/h12,14,18,20-21,23,26-28H,4-11,13,15-17,19H2,1-3H3,(H,39,43)(H,44,45)(H,37,38,40)/t23-,26+,27-,28+/m1/s1. The molecular weight excluding hydrogens is 601 g/mol. The molecule has 1 aliphatic heterocycles. The van der Waals surface area contributed by atoms with Crippen LogP contribution in [0.1, 0.15) is 96.5 Å². The minimum absolute atomic E-state index is 0.0389. The third-order valence-corrected chi connectivity index (χ3v) is 9.48. The molecule has 13 heteroatoms. The normalized spacial score (nSPS) is 22.2. The van der Waals surface area contributed by atoms with Crippen LogP contribution in [-0.2, 0) is 20.6 Å². The fourth-order valence-corrected chi connectivity index (χ4v) is 6.68. The van der Waals surface area contributed by atoms with E-state index in [1.165, 1.54) is 12.4 Å². The van der Waals surface area contributed by atoms with E-state index in [-0.39, 0.29) is 47.6 Å². The average molecular weight is 649 g/mol. The lowest BCUT2D eigenvalue weighted by Crippen LogP contribution is -2.58. The van der Waals surface area contributed by atoms with E-state index in [4.69, 9.17) is 5.11 Å². The molecule has 1 saturated heterocycles. The molecule has 1 aromatic heterocycles. The highest BCUT2D eigenvalue weighted by Crippen LogP contribution is 2.34. The Bertz CT molecular complexity index is 1360. The monoisotopic (exact) mass is 648 g/mol. The number of anilines is 1. The maximum atomic E-state index is 13.8. The van der Waals surface area contributed by atoms with Crippen LogP contribution in [0.3, 0.4) is 0 Å². The summed E-state index contributed by atoms with van der Waals surface area (Å²) in [7, 11) is 2.09. The molecule has 1 saturated carbocycles. The molecule has 2 aromatic rings. The predicted octanol–water partition coefficient (Wildman–Crippen LogP) is 5.61. The molecule has 254 valence electrons. The van der Waals surface area contributed by atoms with Crippen molar-refractivity contribution in [1.29, 1.82) is 0 Å². The zero-order valence-corrected chi connectivity index (χ0v) is 27.0. The van der Waals surface area contributed by atoms with Crippen molar-refractivity contribution < 1.29 is 32.7 Å². The number of benzene rings is 1. The topological polar surface area (TPSA) is 128 Å². The summed E-state index contributed by atoms with van der Waals surface area (Å²) in [4.78, 5) is 49.9. The first-order valence-electron chi connectivity index (χ1n) is 16.5. The number of carboxylic acid groups (broad SMARTS) is 1. The molecule has 1 aromatic carbocycles. The molecule has 3 N–H and O–H groups in total. The fourth-order valence-electron chi connectivity index (χ4n) is 6.68. The maximum absolute atomic E-state index is 13.8. The molecular formula is C33H47F3N6O4. The van der Waals surface area contributed by atoms with Gasteiger partial charge in [0.15, 0.2) is 0 Å². The number of rotatable bonds is 15. The first kappa shape index (κ1) is 35.4. The molecule has 2 aliphatic rings. The van der Waals surface area contributed by atoms with Gasteiger partial charge < -0.3 is 25.5 Å². The van der Waals surface area contributed by atoms with Gasteiger partial charge in [0.25, 0.3) is 0 Å². The third-order valence-electron chi connectivity index (χ3n) is 9.48. The Kier molecular flexibility index (Phi) is 12.2. The SMILES string of the molecule is CC(C)N(C)[C@@H]1CC[C@H](N2CC[C@H](Nc3ncnc4ccc(C(F)(F)F)cc34)C2=O)[C@H](NC(=O)CCCCCCCCC(=O)O)C1. The molecule has 1 aliphatic carbocycles. The van der Waals surface area contributed by atoms with E-state index in [2.05, 4.69) is 46.4 Å². The van der Waals surface area contributed by atoms with Gasteiger partial charge in [0.2, 0.25) is 11.8 Å².